The van der Waals surface area contributed by atoms with Crippen LogP contribution in [-0.4, -0.2) is 61.6 Å². The number of carbonyl (C=O) groups is 2. The number of hydrogen-bond acceptors (Lipinski definition) is 5. The lowest BCUT2D eigenvalue weighted by molar-refractivity contribution is -0.132. The molecule has 2 amide bonds. The molecule has 1 aromatic heterocycles. The van der Waals surface area contributed by atoms with Crippen LogP contribution in [0.3, 0.4) is 0 Å². The normalized spacial score (nSPS) is 17.7. The van der Waals surface area contributed by atoms with Crippen molar-refractivity contribution in [3.8, 4) is 5.75 Å². The second-order valence-corrected chi connectivity index (χ2v) is 7.59. The lowest BCUT2D eigenvalue weighted by Crippen LogP contribution is -2.39. The number of nitrogens with zero attached hydrogens (tertiary/aromatic N) is 2. The molecule has 144 valence electrons. The number of rotatable bonds is 5. The predicted octanol–water partition coefficient (Wildman–Crippen LogP) is 2.91. The largest absolute Gasteiger partial charge is 0.497 e. The van der Waals surface area contributed by atoms with E-state index >= 15 is 0 Å². The number of methoxy groups -OCH3 is 2. The molecule has 27 heavy (non-hydrogen) atoms. The van der Waals surface area contributed by atoms with E-state index in [-0.39, 0.29) is 24.5 Å². The minimum atomic E-state index is -0.266. The van der Waals surface area contributed by atoms with Gasteiger partial charge >= 0.3 is 0 Å². The zero-order chi connectivity index (χ0) is 19.4. The average molecular weight is 409 g/mol. The Labute approximate surface area is 167 Å². The van der Waals surface area contributed by atoms with Crippen molar-refractivity contribution in [3.05, 3.63) is 51.2 Å². The maximum Gasteiger partial charge on any atom is 0.266 e. The van der Waals surface area contributed by atoms with Gasteiger partial charge in [0.1, 0.15) is 17.2 Å². The Balaban J connectivity index is 1.75. The molecular formula is C19H21ClN2O4S. The van der Waals surface area contributed by atoms with E-state index in [1.54, 1.807) is 30.6 Å². The third-order valence-electron chi connectivity index (χ3n) is 4.49. The molecule has 2 heterocycles. The van der Waals surface area contributed by atoms with Crippen molar-refractivity contribution in [2.24, 2.45) is 0 Å². The molecule has 0 spiro atoms. The highest BCUT2D eigenvalue weighted by molar-refractivity contribution is 7.12. The van der Waals surface area contributed by atoms with Crippen LogP contribution in [0.1, 0.15) is 15.2 Å². The number of carbonyl (C=O) groups excluding carboxylic acids is 2. The van der Waals surface area contributed by atoms with E-state index in [2.05, 4.69) is 0 Å². The standard InChI is InChI=1S/C19H21ClN2O4S/c1-25-14-5-3-13(4-6-14)9-21-10-15(26-2)11-22(12-17(21)23)19(24)18-16(20)7-8-27-18/h3-8,15H,9-12H2,1-2H3. The first-order chi connectivity index (χ1) is 13.0. The second-order valence-electron chi connectivity index (χ2n) is 6.26. The molecule has 2 aromatic rings. The van der Waals surface area contributed by atoms with Gasteiger partial charge in [0, 0.05) is 26.7 Å². The Bertz CT molecular complexity index is 808. The molecule has 6 nitrogen and oxygen atoms in total. The van der Waals surface area contributed by atoms with E-state index in [1.807, 2.05) is 24.3 Å². The van der Waals surface area contributed by atoms with Gasteiger partial charge in [0.05, 0.1) is 18.2 Å². The summed E-state index contributed by atoms with van der Waals surface area (Å²) in [6.07, 6.45) is -0.266. The minimum absolute atomic E-state index is 0.00305. The van der Waals surface area contributed by atoms with Crippen LogP contribution < -0.4 is 4.74 Å². The van der Waals surface area contributed by atoms with Crippen LogP contribution in [0.15, 0.2) is 35.7 Å². The van der Waals surface area contributed by atoms with Crippen LogP contribution in [-0.2, 0) is 16.1 Å². The molecule has 0 aliphatic carbocycles. The molecule has 0 saturated carbocycles. The first kappa shape index (κ1) is 19.7. The van der Waals surface area contributed by atoms with Gasteiger partial charge in [0.25, 0.3) is 5.91 Å². The van der Waals surface area contributed by atoms with Crippen LogP contribution in [0, 0.1) is 0 Å². The van der Waals surface area contributed by atoms with E-state index in [0.717, 1.165) is 11.3 Å². The molecule has 1 fully saturated rings. The number of halogens is 1. The van der Waals surface area contributed by atoms with Gasteiger partial charge in [0.2, 0.25) is 5.91 Å². The number of ether oxygens (including phenoxy) is 2. The first-order valence-electron chi connectivity index (χ1n) is 8.47. The number of amides is 2. The molecule has 1 saturated heterocycles. The second kappa shape index (κ2) is 8.73. The molecule has 1 aliphatic rings. The smallest absolute Gasteiger partial charge is 0.266 e. The summed E-state index contributed by atoms with van der Waals surface area (Å²) >= 11 is 7.36. The van der Waals surface area contributed by atoms with E-state index in [0.29, 0.717) is 29.5 Å². The van der Waals surface area contributed by atoms with Gasteiger partial charge in [-0.3, -0.25) is 9.59 Å². The zero-order valence-corrected chi connectivity index (χ0v) is 16.8. The van der Waals surface area contributed by atoms with Gasteiger partial charge in [-0.2, -0.15) is 0 Å². The maximum absolute atomic E-state index is 12.8. The summed E-state index contributed by atoms with van der Waals surface area (Å²) in [5, 5.41) is 2.17. The van der Waals surface area contributed by atoms with E-state index in [1.165, 1.54) is 16.2 Å². The van der Waals surface area contributed by atoms with Crippen molar-refractivity contribution < 1.29 is 19.1 Å². The van der Waals surface area contributed by atoms with Gasteiger partial charge in [-0.25, -0.2) is 0 Å². The van der Waals surface area contributed by atoms with E-state index in [9.17, 15) is 9.59 Å². The molecule has 1 aromatic carbocycles. The topological polar surface area (TPSA) is 59.1 Å². The molecule has 0 radical (unpaired) electrons. The summed E-state index contributed by atoms with van der Waals surface area (Å²) in [4.78, 5) is 29.3. The Morgan fingerprint density at radius 2 is 1.96 bits per heavy atom. The van der Waals surface area contributed by atoms with Crippen LogP contribution in [0.4, 0.5) is 0 Å². The zero-order valence-electron chi connectivity index (χ0n) is 15.2. The van der Waals surface area contributed by atoms with Gasteiger partial charge < -0.3 is 19.3 Å². The lowest BCUT2D eigenvalue weighted by Gasteiger charge is -2.23. The highest BCUT2D eigenvalue weighted by Gasteiger charge is 2.32. The number of hydrogen-bond donors (Lipinski definition) is 0. The van der Waals surface area contributed by atoms with E-state index in [4.69, 9.17) is 21.1 Å². The summed E-state index contributed by atoms with van der Waals surface area (Å²) in [5.41, 5.74) is 0.986. The van der Waals surface area contributed by atoms with Crippen molar-refractivity contribution in [1.29, 1.82) is 0 Å². The Hall–Kier alpha value is -2.09. The Morgan fingerprint density at radius 3 is 2.56 bits per heavy atom. The number of thiophene rings is 1. The summed E-state index contributed by atoms with van der Waals surface area (Å²) in [6.45, 7) is 1.21. The average Bonchev–Trinajstić information content (AvgIpc) is 3.04. The summed E-state index contributed by atoms with van der Waals surface area (Å²) in [6, 6.07) is 9.25. The van der Waals surface area contributed by atoms with Crippen molar-refractivity contribution in [1.82, 2.24) is 9.80 Å². The highest BCUT2D eigenvalue weighted by atomic mass is 35.5. The fourth-order valence-electron chi connectivity index (χ4n) is 2.98. The van der Waals surface area contributed by atoms with Crippen LogP contribution in [0.2, 0.25) is 5.02 Å². The van der Waals surface area contributed by atoms with Crippen molar-refractivity contribution >= 4 is 34.8 Å². The van der Waals surface area contributed by atoms with Crippen LogP contribution in [0.25, 0.3) is 0 Å². The summed E-state index contributed by atoms with van der Waals surface area (Å²) in [7, 11) is 3.20. The SMILES string of the molecule is COc1ccc(CN2CC(OC)CN(C(=O)c3sccc3Cl)CC2=O)cc1. The quantitative estimate of drug-likeness (QED) is 0.763. The number of benzene rings is 1. The highest BCUT2D eigenvalue weighted by Crippen LogP contribution is 2.25. The third-order valence-corrected chi connectivity index (χ3v) is 5.82. The fraction of sp³-hybridized carbons (Fsp3) is 0.368. The van der Waals surface area contributed by atoms with Crippen molar-refractivity contribution in [2.45, 2.75) is 12.6 Å². The van der Waals surface area contributed by atoms with Gasteiger partial charge in [0.15, 0.2) is 0 Å². The van der Waals surface area contributed by atoms with Gasteiger partial charge in [-0.05, 0) is 29.1 Å². The van der Waals surface area contributed by atoms with E-state index < -0.39 is 0 Å². The molecule has 3 rings (SSSR count). The molecule has 0 bridgehead atoms. The molecule has 8 heteroatoms. The Morgan fingerprint density at radius 1 is 1.22 bits per heavy atom. The lowest BCUT2D eigenvalue weighted by atomic mass is 10.2. The first-order valence-corrected chi connectivity index (χ1v) is 9.73. The van der Waals surface area contributed by atoms with Crippen LogP contribution >= 0.6 is 22.9 Å². The van der Waals surface area contributed by atoms with Crippen LogP contribution in [0.5, 0.6) is 5.75 Å². The molecule has 1 aliphatic heterocycles. The van der Waals surface area contributed by atoms with Crippen molar-refractivity contribution in [2.75, 3.05) is 33.9 Å². The minimum Gasteiger partial charge on any atom is -0.497 e. The fourth-order valence-corrected chi connectivity index (χ4v) is 4.08. The van der Waals surface area contributed by atoms with Crippen molar-refractivity contribution in [3.63, 3.8) is 0 Å². The molecule has 1 unspecified atom stereocenters. The predicted molar refractivity (Wildman–Crippen MR) is 104 cm³/mol. The molecular weight excluding hydrogens is 388 g/mol. The third kappa shape index (κ3) is 4.61. The summed E-state index contributed by atoms with van der Waals surface area (Å²) < 4.78 is 10.7. The Kier molecular flexibility index (Phi) is 6.36. The van der Waals surface area contributed by atoms with Gasteiger partial charge in [-0.1, -0.05) is 23.7 Å². The molecule has 1 atom stereocenters. The monoisotopic (exact) mass is 408 g/mol. The van der Waals surface area contributed by atoms with Gasteiger partial charge in [-0.15, -0.1) is 11.3 Å². The maximum atomic E-state index is 12.8. The molecule has 0 N–H and O–H groups in total. The summed E-state index contributed by atoms with van der Waals surface area (Å²) in [5.74, 6) is 0.406.